The second-order valence-corrected chi connectivity index (χ2v) is 6.17. The number of hydrogen-bond acceptors (Lipinski definition) is 5. The highest BCUT2D eigenvalue weighted by molar-refractivity contribution is 5.94. The van der Waals surface area contributed by atoms with E-state index in [0.717, 1.165) is 22.8 Å². The summed E-state index contributed by atoms with van der Waals surface area (Å²) in [4.78, 5) is 6.74. The highest BCUT2D eigenvalue weighted by Crippen LogP contribution is 2.25. The first kappa shape index (κ1) is 15.1. The lowest BCUT2D eigenvalue weighted by atomic mass is 10.1. The Morgan fingerprint density at radius 1 is 1.29 bits per heavy atom. The van der Waals surface area contributed by atoms with Crippen molar-refractivity contribution in [1.29, 1.82) is 0 Å². The van der Waals surface area contributed by atoms with Crippen molar-refractivity contribution < 1.29 is 9.13 Å². The molecule has 0 aromatic heterocycles. The van der Waals surface area contributed by atoms with E-state index in [1.807, 2.05) is 36.5 Å². The second kappa shape index (κ2) is 6.55. The van der Waals surface area contributed by atoms with Gasteiger partial charge >= 0.3 is 0 Å². The van der Waals surface area contributed by atoms with Crippen molar-refractivity contribution in [3.05, 3.63) is 48.3 Å². The number of ether oxygens (including phenoxy) is 1. The molecule has 5 nitrogen and oxygen atoms in total. The predicted molar refractivity (Wildman–Crippen MR) is 92.0 cm³/mol. The van der Waals surface area contributed by atoms with E-state index in [9.17, 15) is 4.39 Å². The fourth-order valence-electron chi connectivity index (χ4n) is 2.68. The second-order valence-electron chi connectivity index (χ2n) is 6.17. The minimum atomic E-state index is -0.349. The normalized spacial score (nSPS) is 21.7. The summed E-state index contributed by atoms with van der Waals surface area (Å²) in [5.41, 5.74) is 2.10. The fourth-order valence-corrected chi connectivity index (χ4v) is 2.68. The molecular weight excluding hydrogens is 307 g/mol. The van der Waals surface area contributed by atoms with Gasteiger partial charge in [-0.3, -0.25) is 4.39 Å². The molecule has 6 heteroatoms. The lowest BCUT2D eigenvalue weighted by molar-refractivity contribution is 0.289. The van der Waals surface area contributed by atoms with Gasteiger partial charge in [0, 0.05) is 24.9 Å². The van der Waals surface area contributed by atoms with E-state index >= 15 is 0 Å². The molecule has 1 fully saturated rings. The minimum Gasteiger partial charge on any atom is -0.493 e. The Bertz CT molecular complexity index is 679. The molecule has 0 amide bonds. The number of benzene rings is 1. The first-order chi connectivity index (χ1) is 11.8. The third-order valence-electron chi connectivity index (χ3n) is 4.15. The number of nitrogens with zero attached hydrogens (tertiary/aromatic N) is 2. The molecule has 0 radical (unpaired) electrons. The zero-order chi connectivity index (χ0) is 16.4. The quantitative estimate of drug-likeness (QED) is 0.788. The van der Waals surface area contributed by atoms with Crippen LogP contribution < -0.4 is 15.4 Å². The van der Waals surface area contributed by atoms with E-state index < -0.39 is 0 Å². The van der Waals surface area contributed by atoms with Crippen LogP contribution in [0.15, 0.2) is 47.7 Å². The molecule has 126 valence electrons. The molecule has 1 aromatic carbocycles. The predicted octanol–water partition coefficient (Wildman–Crippen LogP) is 2.59. The van der Waals surface area contributed by atoms with Crippen molar-refractivity contribution in [1.82, 2.24) is 15.5 Å². The molecular formula is C18H21FN4O. The number of rotatable bonds is 6. The number of alkyl halides is 1. The van der Waals surface area contributed by atoms with Crippen molar-refractivity contribution >= 4 is 11.5 Å². The highest BCUT2D eigenvalue weighted by Gasteiger charge is 2.27. The largest absolute Gasteiger partial charge is 0.493 e. The van der Waals surface area contributed by atoms with Crippen molar-refractivity contribution in [2.45, 2.75) is 31.6 Å². The molecule has 2 N–H and O–H groups in total. The monoisotopic (exact) mass is 328 g/mol. The van der Waals surface area contributed by atoms with Crippen molar-refractivity contribution in [3.8, 4) is 5.75 Å². The molecule has 1 unspecified atom stereocenters. The summed E-state index contributed by atoms with van der Waals surface area (Å²) in [7, 11) is 0. The van der Waals surface area contributed by atoms with Gasteiger partial charge in [-0.15, -0.1) is 0 Å². The fraction of sp³-hybridized carbons (Fsp3) is 0.389. The molecule has 1 aromatic rings. The molecule has 1 aliphatic carbocycles. The van der Waals surface area contributed by atoms with Crippen LogP contribution in [0.5, 0.6) is 5.75 Å². The zero-order valence-electron chi connectivity index (χ0n) is 13.4. The van der Waals surface area contributed by atoms with Crippen LogP contribution >= 0.6 is 0 Å². The first-order valence-corrected chi connectivity index (χ1v) is 8.39. The average molecular weight is 328 g/mol. The molecule has 4 rings (SSSR count). The van der Waals surface area contributed by atoms with Crippen LogP contribution in [-0.4, -0.2) is 36.3 Å². The van der Waals surface area contributed by atoms with Gasteiger partial charge in [0.15, 0.2) is 0 Å². The maximum atomic E-state index is 12.1. The van der Waals surface area contributed by atoms with Crippen molar-refractivity contribution in [2.24, 2.45) is 4.99 Å². The number of halogens is 1. The topological polar surface area (TPSA) is 48.9 Å². The van der Waals surface area contributed by atoms with Gasteiger partial charge in [-0.25, -0.2) is 4.99 Å². The SMILES string of the molecule is FCCCOc1ccc(C2=CN3C=CC(NC4CC4)=NC3N2)cc1. The number of aliphatic imine (C=N–C) groups is 1. The van der Waals surface area contributed by atoms with Crippen LogP contribution in [0.25, 0.3) is 5.70 Å². The maximum Gasteiger partial charge on any atom is 0.202 e. The molecule has 24 heavy (non-hydrogen) atoms. The highest BCUT2D eigenvalue weighted by atomic mass is 19.1. The van der Waals surface area contributed by atoms with Gasteiger partial charge < -0.3 is 20.3 Å². The van der Waals surface area contributed by atoms with E-state index in [2.05, 4.69) is 26.7 Å². The summed E-state index contributed by atoms with van der Waals surface area (Å²) in [6.07, 6.45) is 8.90. The molecule has 0 spiro atoms. The van der Waals surface area contributed by atoms with Gasteiger partial charge in [0.25, 0.3) is 0 Å². The van der Waals surface area contributed by atoms with Crippen LogP contribution in [-0.2, 0) is 0 Å². The van der Waals surface area contributed by atoms with Crippen LogP contribution in [0.2, 0.25) is 0 Å². The standard InChI is InChI=1S/C18H21FN4O/c19-9-1-11-24-15-6-2-13(3-7-15)16-12-23-10-8-17(20-14-4-5-14)22-18(23)21-16/h2-3,6-8,10,12,14,18,21H,1,4-5,9,11H2,(H,20,22). The Labute approximate surface area is 140 Å². The van der Waals surface area contributed by atoms with Gasteiger partial charge in [-0.1, -0.05) is 0 Å². The van der Waals surface area contributed by atoms with E-state index in [1.165, 1.54) is 12.8 Å². The van der Waals surface area contributed by atoms with E-state index in [0.29, 0.717) is 19.1 Å². The zero-order valence-corrected chi connectivity index (χ0v) is 13.4. The minimum absolute atomic E-state index is 0.0910. The van der Waals surface area contributed by atoms with E-state index in [-0.39, 0.29) is 13.0 Å². The lowest BCUT2D eigenvalue weighted by Crippen LogP contribution is -2.38. The van der Waals surface area contributed by atoms with E-state index in [4.69, 9.17) is 4.74 Å². The Hall–Kier alpha value is -2.50. The molecule has 0 bridgehead atoms. The summed E-state index contributed by atoms with van der Waals surface area (Å²) >= 11 is 0. The number of amidine groups is 1. The summed E-state index contributed by atoms with van der Waals surface area (Å²) in [6, 6.07) is 8.41. The molecule has 0 saturated heterocycles. The molecule has 3 aliphatic rings. The van der Waals surface area contributed by atoms with Gasteiger partial charge in [0.05, 0.1) is 19.0 Å². The van der Waals surface area contributed by atoms with Crippen LogP contribution in [0, 0.1) is 0 Å². The summed E-state index contributed by atoms with van der Waals surface area (Å²) < 4.78 is 17.6. The van der Waals surface area contributed by atoms with Crippen LogP contribution in [0.3, 0.4) is 0 Å². The number of nitrogens with one attached hydrogen (secondary N) is 2. The van der Waals surface area contributed by atoms with Gasteiger partial charge in [0.2, 0.25) is 6.29 Å². The number of hydrogen-bond donors (Lipinski definition) is 2. The third kappa shape index (κ3) is 3.37. The summed E-state index contributed by atoms with van der Waals surface area (Å²) in [6.45, 7) is 0.0562. The third-order valence-corrected chi connectivity index (χ3v) is 4.15. The molecule has 1 saturated carbocycles. The van der Waals surface area contributed by atoms with Gasteiger partial charge in [-0.05, 0) is 48.7 Å². The van der Waals surface area contributed by atoms with Gasteiger partial charge in [0.1, 0.15) is 11.6 Å². The van der Waals surface area contributed by atoms with Crippen LogP contribution in [0.4, 0.5) is 4.39 Å². The lowest BCUT2D eigenvalue weighted by Gasteiger charge is -2.23. The first-order valence-electron chi connectivity index (χ1n) is 8.39. The molecule has 2 aliphatic heterocycles. The van der Waals surface area contributed by atoms with Crippen LogP contribution in [0.1, 0.15) is 24.8 Å². The molecule has 1 atom stereocenters. The Morgan fingerprint density at radius 3 is 2.88 bits per heavy atom. The smallest absolute Gasteiger partial charge is 0.202 e. The summed E-state index contributed by atoms with van der Waals surface area (Å²) in [5.74, 6) is 1.70. The van der Waals surface area contributed by atoms with Crippen molar-refractivity contribution in [2.75, 3.05) is 13.3 Å². The van der Waals surface area contributed by atoms with Crippen molar-refractivity contribution in [3.63, 3.8) is 0 Å². The average Bonchev–Trinajstić information content (AvgIpc) is 3.31. The van der Waals surface area contributed by atoms with E-state index in [1.54, 1.807) is 0 Å². The summed E-state index contributed by atoms with van der Waals surface area (Å²) in [5, 5.41) is 6.84. The Balaban J connectivity index is 1.39. The Kier molecular flexibility index (Phi) is 4.11. The molecule has 2 heterocycles. The maximum absolute atomic E-state index is 12.1. The van der Waals surface area contributed by atoms with Gasteiger partial charge in [-0.2, -0.15) is 0 Å². The number of fused-ring (bicyclic) bond motifs is 1. The Morgan fingerprint density at radius 2 is 2.12 bits per heavy atom.